The summed E-state index contributed by atoms with van der Waals surface area (Å²) in [6.45, 7) is 2.04. The summed E-state index contributed by atoms with van der Waals surface area (Å²) in [5, 5.41) is 13.1. The van der Waals surface area contributed by atoms with Crippen molar-refractivity contribution >= 4 is 11.5 Å². The fourth-order valence-corrected chi connectivity index (χ4v) is 2.55. The lowest BCUT2D eigenvalue weighted by atomic mass is 9.90. The minimum atomic E-state index is -0.921. The topological polar surface area (TPSA) is 106 Å². The molecule has 1 aliphatic heterocycles. The molecule has 0 unspecified atom stereocenters. The lowest BCUT2D eigenvalue weighted by Gasteiger charge is -2.31. The van der Waals surface area contributed by atoms with Crippen molar-refractivity contribution in [1.82, 2.24) is 9.78 Å². The fraction of sp³-hybridized carbons (Fsp3) is 0.214. The quantitative estimate of drug-likeness (QED) is 0.765. The number of nitriles is 1. The average molecular weight is 284 g/mol. The summed E-state index contributed by atoms with van der Waals surface area (Å²) in [6, 6.07) is 7.86. The lowest BCUT2D eigenvalue weighted by molar-refractivity contribution is 0.363. The average Bonchev–Trinajstić information content (AvgIpc) is 2.84. The molecule has 1 aromatic heterocycles. The molecule has 1 atom stereocenters. The summed E-state index contributed by atoms with van der Waals surface area (Å²) < 4.78 is 15.7. The first kappa shape index (κ1) is 13.1. The molecule has 0 saturated carbocycles. The van der Waals surface area contributed by atoms with Crippen LogP contribution in [0.25, 0.3) is 0 Å². The molecule has 3 rings (SSSR count). The highest BCUT2D eigenvalue weighted by molar-refractivity contribution is 5.97. The second-order valence-electron chi connectivity index (χ2n) is 5.19. The summed E-state index contributed by atoms with van der Waals surface area (Å²) in [7, 11) is 0. The highest BCUT2D eigenvalue weighted by Gasteiger charge is 2.35. The van der Waals surface area contributed by atoms with Crippen LogP contribution in [0.15, 0.2) is 29.3 Å². The first-order valence-electron chi connectivity index (χ1n) is 6.32. The summed E-state index contributed by atoms with van der Waals surface area (Å²) in [4.78, 5) is 4.40. The van der Waals surface area contributed by atoms with Gasteiger partial charge in [0.2, 0.25) is 0 Å². The van der Waals surface area contributed by atoms with Gasteiger partial charge in [0.15, 0.2) is 5.69 Å². The van der Waals surface area contributed by atoms with Gasteiger partial charge in [-0.15, -0.1) is 0 Å². The van der Waals surface area contributed by atoms with Crippen molar-refractivity contribution in [3.63, 3.8) is 0 Å². The van der Waals surface area contributed by atoms with Crippen LogP contribution in [-0.4, -0.2) is 15.6 Å². The molecular formula is C14H13FN6. The summed E-state index contributed by atoms with van der Waals surface area (Å²) in [5.74, 6) is -0.182. The summed E-state index contributed by atoms with van der Waals surface area (Å²) in [5.41, 5.74) is 12.4. The SMILES string of the molecule is C[C@@]1(c2cc(N)ccc2F)Cn2nc(C#N)cc2C(N)=N1. The molecule has 0 bridgehead atoms. The Bertz CT molecular complexity index is 800. The third-order valence-electron chi connectivity index (χ3n) is 3.55. The van der Waals surface area contributed by atoms with E-state index in [4.69, 9.17) is 16.7 Å². The van der Waals surface area contributed by atoms with Gasteiger partial charge in [-0.2, -0.15) is 10.4 Å². The van der Waals surface area contributed by atoms with Gasteiger partial charge in [0.1, 0.15) is 29.0 Å². The van der Waals surface area contributed by atoms with E-state index in [0.717, 1.165) is 0 Å². The van der Waals surface area contributed by atoms with Crippen LogP contribution in [0, 0.1) is 17.1 Å². The molecule has 1 aliphatic rings. The van der Waals surface area contributed by atoms with E-state index in [0.29, 0.717) is 16.9 Å². The first-order valence-corrected chi connectivity index (χ1v) is 6.32. The Kier molecular flexibility index (Phi) is 2.69. The number of fused-ring (bicyclic) bond motifs is 1. The van der Waals surface area contributed by atoms with Crippen molar-refractivity contribution in [2.24, 2.45) is 10.7 Å². The number of amidine groups is 1. The molecule has 0 aliphatic carbocycles. The number of benzene rings is 1. The largest absolute Gasteiger partial charge is 0.399 e. The van der Waals surface area contributed by atoms with E-state index in [1.54, 1.807) is 23.7 Å². The van der Waals surface area contributed by atoms with E-state index >= 15 is 0 Å². The number of nitrogen functional groups attached to an aromatic ring is 1. The Balaban J connectivity index is 2.14. The Morgan fingerprint density at radius 1 is 1.38 bits per heavy atom. The van der Waals surface area contributed by atoms with Crippen LogP contribution in [0.5, 0.6) is 0 Å². The predicted octanol–water partition coefficient (Wildman–Crippen LogP) is 1.11. The number of hydrogen-bond acceptors (Lipinski definition) is 5. The molecule has 0 radical (unpaired) electrons. The van der Waals surface area contributed by atoms with Gasteiger partial charge in [0.05, 0.1) is 6.54 Å². The molecule has 106 valence electrons. The summed E-state index contributed by atoms with van der Waals surface area (Å²) in [6.07, 6.45) is 0. The van der Waals surface area contributed by atoms with E-state index in [1.165, 1.54) is 12.1 Å². The molecular weight excluding hydrogens is 271 g/mol. The van der Waals surface area contributed by atoms with Crippen molar-refractivity contribution < 1.29 is 4.39 Å². The molecule has 1 aromatic carbocycles. The first-order chi connectivity index (χ1) is 9.93. The normalized spacial score (nSPS) is 20.5. The number of aliphatic imine (C=N–C) groups is 1. The second kappa shape index (κ2) is 4.31. The van der Waals surface area contributed by atoms with E-state index in [2.05, 4.69) is 10.1 Å². The Hall–Kier alpha value is -2.88. The third kappa shape index (κ3) is 2.01. The lowest BCUT2D eigenvalue weighted by Crippen LogP contribution is -2.37. The van der Waals surface area contributed by atoms with Crippen LogP contribution in [0.4, 0.5) is 10.1 Å². The number of halogens is 1. The van der Waals surface area contributed by atoms with E-state index in [9.17, 15) is 4.39 Å². The van der Waals surface area contributed by atoms with Gasteiger partial charge in [-0.25, -0.2) is 4.39 Å². The summed E-state index contributed by atoms with van der Waals surface area (Å²) >= 11 is 0. The second-order valence-corrected chi connectivity index (χ2v) is 5.19. The van der Waals surface area contributed by atoms with Crippen LogP contribution in [0.1, 0.15) is 23.9 Å². The molecule has 4 N–H and O–H groups in total. The number of nitrogens with two attached hydrogens (primary N) is 2. The van der Waals surface area contributed by atoms with Gasteiger partial charge < -0.3 is 11.5 Å². The van der Waals surface area contributed by atoms with Gasteiger partial charge in [-0.05, 0) is 25.1 Å². The van der Waals surface area contributed by atoms with Crippen LogP contribution in [-0.2, 0) is 12.1 Å². The zero-order valence-electron chi connectivity index (χ0n) is 11.3. The van der Waals surface area contributed by atoms with Crippen LogP contribution in [0.3, 0.4) is 0 Å². The maximum atomic E-state index is 14.1. The zero-order chi connectivity index (χ0) is 15.2. The van der Waals surface area contributed by atoms with E-state index < -0.39 is 11.4 Å². The molecule has 2 heterocycles. The molecule has 0 saturated heterocycles. The highest BCUT2D eigenvalue weighted by Crippen LogP contribution is 2.34. The molecule has 0 spiro atoms. The fourth-order valence-electron chi connectivity index (χ4n) is 2.55. The van der Waals surface area contributed by atoms with Gasteiger partial charge >= 0.3 is 0 Å². The Labute approximate surface area is 120 Å². The number of anilines is 1. The van der Waals surface area contributed by atoms with E-state index in [-0.39, 0.29) is 18.1 Å². The number of nitrogens with zero attached hydrogens (tertiary/aromatic N) is 4. The zero-order valence-corrected chi connectivity index (χ0v) is 11.3. The minimum Gasteiger partial charge on any atom is -0.399 e. The molecule has 0 amide bonds. The van der Waals surface area contributed by atoms with Gasteiger partial charge in [-0.1, -0.05) is 0 Å². The number of aromatic nitrogens is 2. The number of hydrogen-bond donors (Lipinski definition) is 2. The molecule has 0 fully saturated rings. The monoisotopic (exact) mass is 284 g/mol. The Morgan fingerprint density at radius 3 is 2.86 bits per heavy atom. The predicted molar refractivity (Wildman–Crippen MR) is 75.8 cm³/mol. The maximum Gasteiger partial charge on any atom is 0.163 e. The molecule has 7 heteroatoms. The van der Waals surface area contributed by atoms with Gasteiger partial charge in [-0.3, -0.25) is 9.67 Å². The van der Waals surface area contributed by atoms with Gasteiger partial charge in [0.25, 0.3) is 0 Å². The molecule has 21 heavy (non-hydrogen) atoms. The van der Waals surface area contributed by atoms with E-state index in [1.807, 2.05) is 6.07 Å². The molecule has 2 aromatic rings. The standard InChI is InChI=1S/C14H13FN6/c1-14(10-4-8(17)2-3-11(10)15)7-21-12(13(18)19-14)5-9(6-16)20-21/h2-5H,7,17H2,1H3,(H2,18,19)/t14-/m0/s1. The van der Waals surface area contributed by atoms with Crippen molar-refractivity contribution in [3.8, 4) is 6.07 Å². The van der Waals surface area contributed by atoms with Crippen LogP contribution in [0.2, 0.25) is 0 Å². The van der Waals surface area contributed by atoms with Crippen LogP contribution < -0.4 is 11.5 Å². The van der Waals surface area contributed by atoms with Crippen molar-refractivity contribution in [2.45, 2.75) is 19.0 Å². The highest BCUT2D eigenvalue weighted by atomic mass is 19.1. The smallest absolute Gasteiger partial charge is 0.163 e. The van der Waals surface area contributed by atoms with Crippen molar-refractivity contribution in [1.29, 1.82) is 5.26 Å². The Morgan fingerprint density at radius 2 is 2.14 bits per heavy atom. The minimum absolute atomic E-state index is 0.222. The third-order valence-corrected chi connectivity index (χ3v) is 3.55. The molecule has 6 nitrogen and oxygen atoms in total. The maximum absolute atomic E-state index is 14.1. The van der Waals surface area contributed by atoms with Crippen LogP contribution >= 0.6 is 0 Å². The van der Waals surface area contributed by atoms with Gasteiger partial charge in [0, 0.05) is 17.3 Å². The van der Waals surface area contributed by atoms with Crippen molar-refractivity contribution in [2.75, 3.05) is 5.73 Å². The van der Waals surface area contributed by atoms with Crippen molar-refractivity contribution in [3.05, 3.63) is 47.0 Å². The number of rotatable bonds is 1.